The van der Waals surface area contributed by atoms with Crippen molar-refractivity contribution in [3.8, 4) is 6.07 Å². The molecule has 1 fully saturated rings. The first-order valence-electron chi connectivity index (χ1n) is 5.85. The zero-order valence-electron chi connectivity index (χ0n) is 10.3. The summed E-state index contributed by atoms with van der Waals surface area (Å²) in [5.74, 6) is 0. The van der Waals surface area contributed by atoms with Crippen molar-refractivity contribution in [3.63, 3.8) is 0 Å². The predicted octanol–water partition coefficient (Wildman–Crippen LogP) is 2.38. The van der Waals surface area contributed by atoms with Gasteiger partial charge in [-0.05, 0) is 31.0 Å². The molecule has 0 N–H and O–H groups in total. The van der Waals surface area contributed by atoms with Gasteiger partial charge in [-0.15, -0.1) is 0 Å². The minimum atomic E-state index is -4.61. The first-order chi connectivity index (χ1) is 9.26. The van der Waals surface area contributed by atoms with E-state index in [1.165, 1.54) is 0 Å². The van der Waals surface area contributed by atoms with Gasteiger partial charge in [0.05, 0.1) is 16.5 Å². The first-order valence-corrected chi connectivity index (χ1v) is 7.29. The van der Waals surface area contributed by atoms with Crippen LogP contribution < -0.4 is 0 Å². The number of sulfonamides is 1. The molecule has 0 amide bonds. The van der Waals surface area contributed by atoms with E-state index in [-0.39, 0.29) is 6.54 Å². The Morgan fingerprint density at radius 1 is 1.35 bits per heavy atom. The third-order valence-electron chi connectivity index (χ3n) is 3.12. The van der Waals surface area contributed by atoms with Crippen LogP contribution in [0, 0.1) is 11.3 Å². The Labute approximate surface area is 114 Å². The van der Waals surface area contributed by atoms with E-state index in [1.54, 1.807) is 0 Å². The van der Waals surface area contributed by atoms with Gasteiger partial charge in [0.2, 0.25) is 10.0 Å². The van der Waals surface area contributed by atoms with Gasteiger partial charge in [-0.3, -0.25) is 0 Å². The van der Waals surface area contributed by atoms with Crippen LogP contribution in [0.2, 0.25) is 0 Å². The molecule has 1 heterocycles. The van der Waals surface area contributed by atoms with Crippen molar-refractivity contribution < 1.29 is 21.6 Å². The van der Waals surface area contributed by atoms with Crippen LogP contribution in [0.4, 0.5) is 13.2 Å². The Bertz CT molecular complexity index is 649. The number of halogens is 3. The molecule has 0 spiro atoms. The molecular weight excluding hydrogens is 293 g/mol. The number of hydrogen-bond acceptors (Lipinski definition) is 3. The number of nitriles is 1. The van der Waals surface area contributed by atoms with E-state index in [2.05, 4.69) is 0 Å². The second kappa shape index (κ2) is 5.07. The summed E-state index contributed by atoms with van der Waals surface area (Å²) in [6, 6.07) is 4.62. The molecule has 0 aliphatic carbocycles. The average Bonchev–Trinajstić information content (AvgIpc) is 2.87. The Balaban J connectivity index is 2.43. The molecule has 8 heteroatoms. The molecule has 1 aliphatic heterocycles. The van der Waals surface area contributed by atoms with Crippen LogP contribution in [-0.4, -0.2) is 25.3 Å². The molecule has 0 aromatic heterocycles. The quantitative estimate of drug-likeness (QED) is 0.843. The second-order valence-electron chi connectivity index (χ2n) is 4.43. The van der Waals surface area contributed by atoms with E-state index >= 15 is 0 Å². The summed E-state index contributed by atoms with van der Waals surface area (Å²) in [4.78, 5) is -0.436. The maximum Gasteiger partial charge on any atom is 0.416 e. The molecule has 20 heavy (non-hydrogen) atoms. The van der Waals surface area contributed by atoms with E-state index in [4.69, 9.17) is 5.26 Å². The number of alkyl halides is 3. The van der Waals surface area contributed by atoms with Crippen LogP contribution in [-0.2, 0) is 16.2 Å². The fourth-order valence-electron chi connectivity index (χ4n) is 2.13. The van der Waals surface area contributed by atoms with Gasteiger partial charge in [-0.1, -0.05) is 6.07 Å². The van der Waals surface area contributed by atoms with E-state index in [0.717, 1.165) is 22.5 Å². The van der Waals surface area contributed by atoms with Gasteiger partial charge in [0.15, 0.2) is 0 Å². The minimum Gasteiger partial charge on any atom is -0.207 e. The molecule has 1 aromatic carbocycles. The lowest BCUT2D eigenvalue weighted by molar-refractivity contribution is -0.137. The summed E-state index contributed by atoms with van der Waals surface area (Å²) in [5, 5.41) is 8.89. The largest absolute Gasteiger partial charge is 0.416 e. The zero-order chi connectivity index (χ0) is 15.0. The van der Waals surface area contributed by atoms with Gasteiger partial charge in [0.1, 0.15) is 6.04 Å². The van der Waals surface area contributed by atoms with Crippen LogP contribution in [0.3, 0.4) is 0 Å². The van der Waals surface area contributed by atoms with Crippen molar-refractivity contribution in [1.29, 1.82) is 5.26 Å². The topological polar surface area (TPSA) is 61.2 Å². The third kappa shape index (κ3) is 2.64. The molecule has 1 atom stereocenters. The van der Waals surface area contributed by atoms with Crippen molar-refractivity contribution in [1.82, 2.24) is 4.31 Å². The van der Waals surface area contributed by atoms with Crippen LogP contribution in [0.25, 0.3) is 0 Å². The summed E-state index contributed by atoms with van der Waals surface area (Å²) in [6.07, 6.45) is -3.68. The highest BCUT2D eigenvalue weighted by atomic mass is 32.2. The molecule has 4 nitrogen and oxygen atoms in total. The Kier molecular flexibility index (Phi) is 3.75. The van der Waals surface area contributed by atoms with E-state index < -0.39 is 32.7 Å². The minimum absolute atomic E-state index is 0.150. The van der Waals surface area contributed by atoms with Crippen molar-refractivity contribution in [3.05, 3.63) is 29.8 Å². The van der Waals surface area contributed by atoms with E-state index in [0.29, 0.717) is 18.9 Å². The predicted molar refractivity (Wildman–Crippen MR) is 64.0 cm³/mol. The van der Waals surface area contributed by atoms with Gasteiger partial charge in [0, 0.05) is 6.54 Å². The lowest BCUT2D eigenvalue weighted by Gasteiger charge is -2.19. The van der Waals surface area contributed by atoms with Gasteiger partial charge in [-0.25, -0.2) is 8.42 Å². The van der Waals surface area contributed by atoms with Crippen LogP contribution in [0.1, 0.15) is 18.4 Å². The van der Waals surface area contributed by atoms with Gasteiger partial charge in [0.25, 0.3) is 0 Å². The third-order valence-corrected chi connectivity index (χ3v) is 5.02. The SMILES string of the molecule is N#CC1CCCN1S(=O)(=O)c1cccc(C(F)(F)F)c1. The zero-order valence-corrected chi connectivity index (χ0v) is 11.1. The lowest BCUT2D eigenvalue weighted by atomic mass is 10.2. The van der Waals surface area contributed by atoms with Crippen molar-refractivity contribution >= 4 is 10.0 Å². The fourth-order valence-corrected chi connectivity index (χ4v) is 3.78. The lowest BCUT2D eigenvalue weighted by Crippen LogP contribution is -2.34. The maximum absolute atomic E-state index is 12.6. The standard InChI is InChI=1S/C12H11F3N2O2S/c13-12(14,15)9-3-1-5-11(7-9)20(18,19)17-6-2-4-10(17)8-16/h1,3,5,7,10H,2,4,6H2. The van der Waals surface area contributed by atoms with Crippen LogP contribution >= 0.6 is 0 Å². The molecule has 1 unspecified atom stereocenters. The summed E-state index contributed by atoms with van der Waals surface area (Å²) < 4.78 is 63.4. The van der Waals surface area contributed by atoms with Crippen molar-refractivity contribution in [2.75, 3.05) is 6.54 Å². The highest BCUT2D eigenvalue weighted by molar-refractivity contribution is 7.89. The van der Waals surface area contributed by atoms with Crippen molar-refractivity contribution in [2.45, 2.75) is 30.0 Å². The molecule has 0 bridgehead atoms. The second-order valence-corrected chi connectivity index (χ2v) is 6.32. The highest BCUT2D eigenvalue weighted by Gasteiger charge is 2.37. The normalized spacial score (nSPS) is 20.8. The van der Waals surface area contributed by atoms with Crippen LogP contribution in [0.15, 0.2) is 29.2 Å². The molecule has 2 rings (SSSR count). The van der Waals surface area contributed by atoms with Gasteiger partial charge < -0.3 is 0 Å². The van der Waals surface area contributed by atoms with Gasteiger partial charge in [-0.2, -0.15) is 22.7 Å². The number of rotatable bonds is 2. The summed E-state index contributed by atoms with van der Waals surface area (Å²) in [5.41, 5.74) is -1.02. The monoisotopic (exact) mass is 304 g/mol. The summed E-state index contributed by atoms with van der Waals surface area (Å²) in [7, 11) is -4.07. The van der Waals surface area contributed by atoms with Gasteiger partial charge >= 0.3 is 6.18 Å². The molecule has 1 saturated heterocycles. The number of nitrogens with zero attached hydrogens (tertiary/aromatic N) is 2. The number of benzene rings is 1. The van der Waals surface area contributed by atoms with Crippen molar-refractivity contribution in [2.24, 2.45) is 0 Å². The fraction of sp³-hybridized carbons (Fsp3) is 0.417. The Hall–Kier alpha value is -1.59. The molecule has 1 aliphatic rings. The smallest absolute Gasteiger partial charge is 0.207 e. The maximum atomic E-state index is 12.6. The Morgan fingerprint density at radius 3 is 2.65 bits per heavy atom. The average molecular weight is 304 g/mol. The number of hydrogen-bond donors (Lipinski definition) is 0. The molecule has 1 aromatic rings. The van der Waals surface area contributed by atoms with Crippen LogP contribution in [0.5, 0.6) is 0 Å². The van der Waals surface area contributed by atoms with E-state index in [1.807, 2.05) is 6.07 Å². The molecular formula is C12H11F3N2O2S. The highest BCUT2D eigenvalue weighted by Crippen LogP contribution is 2.32. The summed E-state index contributed by atoms with van der Waals surface area (Å²) >= 11 is 0. The molecule has 0 radical (unpaired) electrons. The first kappa shape index (κ1) is 14.8. The molecule has 108 valence electrons. The Morgan fingerprint density at radius 2 is 2.05 bits per heavy atom. The molecule has 0 saturated carbocycles. The van der Waals surface area contributed by atoms with E-state index in [9.17, 15) is 21.6 Å². The summed E-state index contributed by atoms with van der Waals surface area (Å²) in [6.45, 7) is 0.150.